The summed E-state index contributed by atoms with van der Waals surface area (Å²) in [5, 5.41) is 14.0. The number of carboxylic acids is 1. The Morgan fingerprint density at radius 1 is 0.977 bits per heavy atom. The second-order valence-electron chi connectivity index (χ2n) is 11.8. The maximum Gasteiger partial charge on any atom is 0.416 e. The molecule has 0 aromatic heterocycles. The van der Waals surface area contributed by atoms with Gasteiger partial charge in [0.2, 0.25) is 0 Å². The number of nitrogens with one attached hydrogen (secondary N) is 1. The number of amides is 1. The van der Waals surface area contributed by atoms with Crippen molar-refractivity contribution >= 4 is 11.9 Å². The van der Waals surface area contributed by atoms with Gasteiger partial charge in [0.25, 0.3) is 5.91 Å². The molecule has 4 rings (SSSR count). The summed E-state index contributed by atoms with van der Waals surface area (Å²) < 4.78 is 51.3. The van der Waals surface area contributed by atoms with E-state index in [9.17, 15) is 27.9 Å². The van der Waals surface area contributed by atoms with Crippen LogP contribution in [-0.4, -0.2) is 47.2 Å². The number of halogens is 3. The van der Waals surface area contributed by atoms with E-state index in [-0.39, 0.29) is 12.3 Å². The molecular formula is C33H37F3N2O5. The van der Waals surface area contributed by atoms with Gasteiger partial charge in [-0.15, -0.1) is 0 Å². The first-order valence-electron chi connectivity index (χ1n) is 14.0. The van der Waals surface area contributed by atoms with E-state index < -0.39 is 59.2 Å². The van der Waals surface area contributed by atoms with E-state index >= 15 is 0 Å². The monoisotopic (exact) mass is 598 g/mol. The minimum Gasteiger partial charge on any atom is -0.496 e. The van der Waals surface area contributed by atoms with Crippen molar-refractivity contribution in [2.45, 2.75) is 64.6 Å². The first-order valence-corrected chi connectivity index (χ1v) is 14.0. The maximum absolute atomic E-state index is 14.2. The van der Waals surface area contributed by atoms with E-state index in [0.29, 0.717) is 11.3 Å². The molecule has 1 fully saturated rings. The molecule has 1 aliphatic heterocycles. The Kier molecular flexibility index (Phi) is 9.39. The van der Waals surface area contributed by atoms with E-state index in [1.54, 1.807) is 31.2 Å². The number of methoxy groups -OCH3 is 1. The minimum absolute atomic E-state index is 0.0523. The van der Waals surface area contributed by atoms with Gasteiger partial charge in [0.15, 0.2) is 6.10 Å². The van der Waals surface area contributed by atoms with E-state index in [4.69, 9.17) is 9.47 Å². The second-order valence-corrected chi connectivity index (χ2v) is 11.8. The molecule has 1 amide bonds. The number of hydrogen-bond donors (Lipinski definition) is 2. The Labute approximate surface area is 249 Å². The highest BCUT2D eigenvalue weighted by molar-refractivity contribution is 5.88. The molecule has 1 saturated heterocycles. The zero-order chi connectivity index (χ0) is 31.5. The topological polar surface area (TPSA) is 88.1 Å². The number of nitrogens with zero attached hydrogens (tertiary/aromatic N) is 1. The van der Waals surface area contributed by atoms with Crippen LogP contribution in [0.2, 0.25) is 0 Å². The largest absolute Gasteiger partial charge is 0.496 e. The van der Waals surface area contributed by atoms with Gasteiger partial charge in [0.05, 0.1) is 18.7 Å². The third kappa shape index (κ3) is 6.96. The first kappa shape index (κ1) is 31.9. The van der Waals surface area contributed by atoms with E-state index in [1.807, 2.05) is 57.2 Å². The fourth-order valence-electron chi connectivity index (χ4n) is 5.99. The number of aliphatic carboxylic acids is 1. The fourth-order valence-corrected chi connectivity index (χ4v) is 5.99. The Balaban J connectivity index is 1.78. The Hall–Kier alpha value is -4.05. The van der Waals surface area contributed by atoms with Crippen LogP contribution in [0.25, 0.3) is 0 Å². The molecule has 10 heteroatoms. The van der Waals surface area contributed by atoms with Crippen molar-refractivity contribution in [1.82, 2.24) is 10.2 Å². The number of hydrogen-bond acceptors (Lipinski definition) is 5. The lowest BCUT2D eigenvalue weighted by molar-refractivity contribution is -0.155. The summed E-state index contributed by atoms with van der Waals surface area (Å²) >= 11 is 0. The minimum atomic E-state index is -4.53. The molecule has 3 aromatic carbocycles. The zero-order valence-corrected chi connectivity index (χ0v) is 24.8. The van der Waals surface area contributed by atoms with Crippen LogP contribution in [-0.2, 0) is 22.3 Å². The van der Waals surface area contributed by atoms with Crippen molar-refractivity contribution in [2.75, 3.05) is 7.11 Å². The van der Waals surface area contributed by atoms with E-state index in [2.05, 4.69) is 5.32 Å². The molecule has 0 spiro atoms. The molecule has 0 aliphatic carbocycles. The molecule has 3 aromatic rings. The van der Waals surface area contributed by atoms with Crippen molar-refractivity contribution in [3.8, 4) is 11.5 Å². The average molecular weight is 599 g/mol. The molecule has 43 heavy (non-hydrogen) atoms. The van der Waals surface area contributed by atoms with Crippen LogP contribution in [0.4, 0.5) is 13.2 Å². The van der Waals surface area contributed by atoms with Crippen LogP contribution in [0.1, 0.15) is 50.4 Å². The van der Waals surface area contributed by atoms with Crippen LogP contribution in [0, 0.1) is 11.3 Å². The summed E-state index contributed by atoms with van der Waals surface area (Å²) in [5.41, 5.74) is -0.250. The number of ether oxygens (including phenoxy) is 2. The zero-order valence-electron chi connectivity index (χ0n) is 24.8. The summed E-state index contributed by atoms with van der Waals surface area (Å²) in [6.07, 6.45) is -5.53. The average Bonchev–Trinajstić information content (AvgIpc) is 3.32. The normalized spacial score (nSPS) is 21.3. The van der Waals surface area contributed by atoms with Gasteiger partial charge in [-0.1, -0.05) is 75.4 Å². The van der Waals surface area contributed by atoms with Gasteiger partial charge in [0, 0.05) is 24.1 Å². The quantitative estimate of drug-likeness (QED) is 0.299. The van der Waals surface area contributed by atoms with Crippen LogP contribution >= 0.6 is 0 Å². The molecule has 0 bridgehead atoms. The molecule has 7 nitrogen and oxygen atoms in total. The number of benzene rings is 3. The van der Waals surface area contributed by atoms with Gasteiger partial charge in [-0.3, -0.25) is 4.79 Å². The van der Waals surface area contributed by atoms with Crippen molar-refractivity contribution in [3.63, 3.8) is 0 Å². The summed E-state index contributed by atoms with van der Waals surface area (Å²) in [7, 11) is 1.30. The highest BCUT2D eigenvalue weighted by Gasteiger charge is 2.58. The molecule has 0 radical (unpaired) electrons. The lowest BCUT2D eigenvalue weighted by Gasteiger charge is -2.35. The van der Waals surface area contributed by atoms with Gasteiger partial charge in [-0.05, 0) is 42.2 Å². The van der Waals surface area contributed by atoms with Gasteiger partial charge in [-0.25, -0.2) is 4.79 Å². The number of likely N-dealkylation sites (tertiary alicyclic amines) is 1. The van der Waals surface area contributed by atoms with Gasteiger partial charge in [0.1, 0.15) is 17.5 Å². The predicted molar refractivity (Wildman–Crippen MR) is 156 cm³/mol. The first-order chi connectivity index (χ1) is 20.2. The second kappa shape index (κ2) is 12.7. The summed E-state index contributed by atoms with van der Waals surface area (Å²) in [5.74, 6) is -1.71. The highest BCUT2D eigenvalue weighted by atomic mass is 19.4. The maximum atomic E-state index is 14.2. The molecule has 2 N–H and O–H groups in total. The molecule has 230 valence electrons. The van der Waals surface area contributed by atoms with Gasteiger partial charge < -0.3 is 24.8 Å². The lowest BCUT2D eigenvalue weighted by atomic mass is 9.72. The smallest absolute Gasteiger partial charge is 0.416 e. The van der Waals surface area contributed by atoms with Crippen LogP contribution < -0.4 is 14.8 Å². The summed E-state index contributed by atoms with van der Waals surface area (Å²) in [4.78, 5) is 28.6. The van der Waals surface area contributed by atoms with Crippen molar-refractivity contribution < 1.29 is 37.3 Å². The Morgan fingerprint density at radius 2 is 1.58 bits per heavy atom. The SMILES string of the molecule is COc1cc(C(F)(F)F)ccc1CN[C@@H]1[C@@H](C(C)(C)C)[C@H](C(=O)O)N(C(=O)[C@H](C)Oc2ccccc2)[C@@H]1c1ccccc1. The Bertz CT molecular complexity index is 1410. The highest BCUT2D eigenvalue weighted by Crippen LogP contribution is 2.48. The molecular weight excluding hydrogens is 561 g/mol. The molecule has 0 unspecified atom stereocenters. The number of carboxylic acid groups (broad SMARTS) is 1. The molecule has 0 saturated carbocycles. The number of para-hydroxylation sites is 1. The van der Waals surface area contributed by atoms with Crippen LogP contribution in [0.15, 0.2) is 78.9 Å². The van der Waals surface area contributed by atoms with Crippen molar-refractivity contribution in [2.24, 2.45) is 11.3 Å². The molecule has 1 heterocycles. The van der Waals surface area contributed by atoms with Crippen molar-refractivity contribution in [3.05, 3.63) is 95.6 Å². The Morgan fingerprint density at radius 3 is 2.12 bits per heavy atom. The van der Waals surface area contributed by atoms with E-state index in [0.717, 1.165) is 17.7 Å². The molecule has 5 atom stereocenters. The fraction of sp³-hybridized carbons (Fsp3) is 0.394. The third-order valence-electron chi connectivity index (χ3n) is 7.86. The predicted octanol–water partition coefficient (Wildman–Crippen LogP) is 6.34. The summed E-state index contributed by atoms with van der Waals surface area (Å²) in [6.45, 7) is 7.42. The van der Waals surface area contributed by atoms with Crippen molar-refractivity contribution in [1.29, 1.82) is 0 Å². The lowest BCUT2D eigenvalue weighted by Crippen LogP contribution is -2.50. The number of carbonyl (C=O) groups excluding carboxylic acids is 1. The van der Waals surface area contributed by atoms with Crippen LogP contribution in [0.5, 0.6) is 11.5 Å². The standard InChI is InChI=1S/C33H37F3N2O5/c1-20(43-24-14-10-7-11-15-24)30(39)38-28(21-12-8-6-9-13-21)27(26(32(2,3)4)29(38)31(40)41)37-19-22-16-17-23(33(34,35)36)18-25(22)42-5/h6-18,20,26-29,37H,19H2,1-5H3,(H,40,41)/t20-,26+,27+,28+,29+/m0/s1. The number of carbonyl (C=O) groups is 2. The van der Waals surface area contributed by atoms with Gasteiger partial charge in [-0.2, -0.15) is 13.2 Å². The number of alkyl halides is 3. The number of rotatable bonds is 9. The van der Waals surface area contributed by atoms with E-state index in [1.165, 1.54) is 18.1 Å². The van der Waals surface area contributed by atoms with Gasteiger partial charge >= 0.3 is 12.1 Å². The third-order valence-corrected chi connectivity index (χ3v) is 7.86. The van der Waals surface area contributed by atoms with Crippen LogP contribution in [0.3, 0.4) is 0 Å². The summed E-state index contributed by atoms with van der Waals surface area (Å²) in [6, 6.07) is 18.7. The molecule has 1 aliphatic rings.